The van der Waals surface area contributed by atoms with E-state index >= 15 is 0 Å². The van der Waals surface area contributed by atoms with E-state index in [4.69, 9.17) is 34.8 Å². The first kappa shape index (κ1) is 21.8. The number of amides is 2. The Bertz CT molecular complexity index is 912. The maximum atomic E-state index is 12.7. The minimum absolute atomic E-state index is 0.191. The molecule has 0 radical (unpaired) electrons. The number of rotatable bonds is 5. The van der Waals surface area contributed by atoms with Crippen LogP contribution >= 0.6 is 34.8 Å². The lowest BCUT2D eigenvalue weighted by Gasteiger charge is -2.37. The zero-order chi connectivity index (χ0) is 21.0. The summed E-state index contributed by atoms with van der Waals surface area (Å²) in [6.07, 6.45) is 1.42. The van der Waals surface area contributed by atoms with Crippen molar-refractivity contribution in [3.63, 3.8) is 0 Å². The molecule has 0 unspecified atom stereocenters. The molecule has 0 saturated carbocycles. The van der Waals surface area contributed by atoms with Crippen LogP contribution in [0.15, 0.2) is 36.4 Å². The molecule has 2 amide bonds. The summed E-state index contributed by atoms with van der Waals surface area (Å²) in [6, 6.07) is 10.1. The van der Waals surface area contributed by atoms with E-state index in [0.29, 0.717) is 58.9 Å². The second-order valence-electron chi connectivity index (χ2n) is 6.86. The van der Waals surface area contributed by atoms with Crippen LogP contribution in [0, 0.1) is 0 Å². The third-order valence-electron chi connectivity index (χ3n) is 4.83. The molecule has 29 heavy (non-hydrogen) atoms. The first-order valence-electron chi connectivity index (χ1n) is 9.47. The summed E-state index contributed by atoms with van der Waals surface area (Å²) in [5, 5.41) is 4.15. The molecule has 1 N–H and O–H groups in total. The van der Waals surface area contributed by atoms with Crippen molar-refractivity contribution >= 4 is 58.0 Å². The highest BCUT2D eigenvalue weighted by atomic mass is 35.5. The van der Waals surface area contributed by atoms with E-state index in [1.165, 1.54) is 6.07 Å². The Hall–Kier alpha value is -1.95. The molecule has 0 bridgehead atoms. The molecular formula is C21H22Cl3N3O2. The van der Waals surface area contributed by atoms with Gasteiger partial charge < -0.3 is 15.1 Å². The summed E-state index contributed by atoms with van der Waals surface area (Å²) in [5.41, 5.74) is 1.88. The van der Waals surface area contributed by atoms with Gasteiger partial charge in [0.25, 0.3) is 5.91 Å². The molecule has 8 heteroatoms. The Morgan fingerprint density at radius 1 is 0.966 bits per heavy atom. The van der Waals surface area contributed by atoms with Gasteiger partial charge in [0.05, 0.1) is 21.4 Å². The van der Waals surface area contributed by atoms with Crippen molar-refractivity contribution in [3.05, 3.63) is 57.0 Å². The molecule has 154 valence electrons. The Kier molecular flexibility index (Phi) is 7.28. The molecule has 0 spiro atoms. The predicted molar refractivity (Wildman–Crippen MR) is 120 cm³/mol. The Balaban J connectivity index is 1.75. The van der Waals surface area contributed by atoms with Crippen LogP contribution in [0.25, 0.3) is 0 Å². The van der Waals surface area contributed by atoms with E-state index in [2.05, 4.69) is 10.2 Å². The quantitative estimate of drug-likeness (QED) is 0.663. The second-order valence-corrected chi connectivity index (χ2v) is 8.11. The number of hydrogen-bond acceptors (Lipinski definition) is 3. The molecule has 0 aromatic heterocycles. The highest BCUT2D eigenvalue weighted by Gasteiger charge is 2.23. The molecule has 0 aliphatic carbocycles. The van der Waals surface area contributed by atoms with Gasteiger partial charge in [-0.15, -0.1) is 0 Å². The molecule has 0 atom stereocenters. The number of nitrogens with one attached hydrogen (secondary N) is 1. The van der Waals surface area contributed by atoms with Crippen molar-refractivity contribution < 1.29 is 9.59 Å². The topological polar surface area (TPSA) is 52.7 Å². The first-order valence-corrected chi connectivity index (χ1v) is 10.6. The molecule has 2 aromatic carbocycles. The van der Waals surface area contributed by atoms with Gasteiger partial charge in [-0.05, 0) is 42.8 Å². The number of piperazine rings is 1. The number of nitrogens with zero attached hydrogens (tertiary/aromatic N) is 2. The van der Waals surface area contributed by atoms with Gasteiger partial charge in [-0.3, -0.25) is 9.59 Å². The van der Waals surface area contributed by atoms with Gasteiger partial charge in [0.1, 0.15) is 0 Å². The molecule has 1 heterocycles. The zero-order valence-electron chi connectivity index (χ0n) is 16.1. The number of halogens is 3. The fourth-order valence-electron chi connectivity index (χ4n) is 3.28. The minimum atomic E-state index is -0.302. The highest BCUT2D eigenvalue weighted by molar-refractivity contribution is 6.42. The van der Waals surface area contributed by atoms with Crippen molar-refractivity contribution in [1.29, 1.82) is 0 Å². The van der Waals surface area contributed by atoms with Gasteiger partial charge >= 0.3 is 0 Å². The fourth-order valence-corrected chi connectivity index (χ4v) is 3.75. The molecule has 1 saturated heterocycles. The van der Waals surface area contributed by atoms with Crippen molar-refractivity contribution in [3.8, 4) is 0 Å². The maximum absolute atomic E-state index is 12.7. The van der Waals surface area contributed by atoms with E-state index in [-0.39, 0.29) is 11.8 Å². The summed E-state index contributed by atoms with van der Waals surface area (Å²) in [4.78, 5) is 28.9. The standard InChI is InChI=1S/C21H22Cl3N3O2/c1-2-3-20(28)27-10-8-26(9-11-27)19-7-5-15(22)13-18(19)25-21(29)14-4-6-16(23)17(24)12-14/h4-7,12-13H,2-3,8-11H2,1H3,(H,25,29). The van der Waals surface area contributed by atoms with Crippen LogP contribution in [-0.2, 0) is 4.79 Å². The van der Waals surface area contributed by atoms with E-state index in [1.54, 1.807) is 24.3 Å². The molecule has 1 aliphatic rings. The molecular weight excluding hydrogens is 433 g/mol. The number of benzene rings is 2. The highest BCUT2D eigenvalue weighted by Crippen LogP contribution is 2.31. The molecule has 3 rings (SSSR count). The molecule has 5 nitrogen and oxygen atoms in total. The van der Waals surface area contributed by atoms with Crippen LogP contribution in [0.3, 0.4) is 0 Å². The van der Waals surface area contributed by atoms with Crippen LogP contribution in [0.1, 0.15) is 30.1 Å². The van der Waals surface area contributed by atoms with E-state index in [1.807, 2.05) is 17.9 Å². The largest absolute Gasteiger partial charge is 0.366 e. The Morgan fingerprint density at radius 2 is 1.69 bits per heavy atom. The number of hydrogen-bond donors (Lipinski definition) is 1. The third-order valence-corrected chi connectivity index (χ3v) is 5.80. The van der Waals surface area contributed by atoms with Crippen molar-refractivity contribution in [2.45, 2.75) is 19.8 Å². The molecule has 1 aliphatic heterocycles. The monoisotopic (exact) mass is 453 g/mol. The summed E-state index contributed by atoms with van der Waals surface area (Å²) in [7, 11) is 0. The SMILES string of the molecule is CCCC(=O)N1CCN(c2ccc(Cl)cc2NC(=O)c2ccc(Cl)c(Cl)c2)CC1. The molecule has 2 aromatic rings. The average molecular weight is 455 g/mol. The van der Waals surface area contributed by atoms with Gasteiger partial charge in [0.15, 0.2) is 0 Å². The zero-order valence-corrected chi connectivity index (χ0v) is 18.3. The number of anilines is 2. The maximum Gasteiger partial charge on any atom is 0.255 e. The summed E-state index contributed by atoms with van der Waals surface area (Å²) < 4.78 is 0. The van der Waals surface area contributed by atoms with E-state index in [9.17, 15) is 9.59 Å². The normalized spacial score (nSPS) is 14.1. The number of carbonyl (C=O) groups excluding carboxylic acids is 2. The Morgan fingerprint density at radius 3 is 2.34 bits per heavy atom. The summed E-state index contributed by atoms with van der Waals surface area (Å²) in [6.45, 7) is 4.69. The van der Waals surface area contributed by atoms with Crippen LogP contribution in [-0.4, -0.2) is 42.9 Å². The van der Waals surface area contributed by atoms with Crippen LogP contribution in [0.5, 0.6) is 0 Å². The van der Waals surface area contributed by atoms with Gasteiger partial charge in [0, 0.05) is 43.2 Å². The van der Waals surface area contributed by atoms with Gasteiger partial charge in [-0.25, -0.2) is 0 Å². The average Bonchev–Trinajstić information content (AvgIpc) is 2.70. The van der Waals surface area contributed by atoms with Crippen molar-refractivity contribution in [1.82, 2.24) is 4.90 Å². The van der Waals surface area contributed by atoms with Crippen LogP contribution < -0.4 is 10.2 Å². The van der Waals surface area contributed by atoms with Crippen LogP contribution in [0.4, 0.5) is 11.4 Å². The lowest BCUT2D eigenvalue weighted by molar-refractivity contribution is -0.131. The Labute approximate surface area is 185 Å². The lowest BCUT2D eigenvalue weighted by atomic mass is 10.1. The summed E-state index contributed by atoms with van der Waals surface area (Å²) >= 11 is 18.1. The van der Waals surface area contributed by atoms with E-state index < -0.39 is 0 Å². The predicted octanol–water partition coefficient (Wildman–Crippen LogP) is 5.35. The summed E-state index contributed by atoms with van der Waals surface area (Å²) in [5.74, 6) is -0.111. The lowest BCUT2D eigenvalue weighted by Crippen LogP contribution is -2.48. The van der Waals surface area contributed by atoms with Gasteiger partial charge in [-0.2, -0.15) is 0 Å². The minimum Gasteiger partial charge on any atom is -0.366 e. The third kappa shape index (κ3) is 5.35. The van der Waals surface area contributed by atoms with Crippen LogP contribution in [0.2, 0.25) is 15.1 Å². The fraction of sp³-hybridized carbons (Fsp3) is 0.333. The second kappa shape index (κ2) is 9.70. The van der Waals surface area contributed by atoms with Gasteiger partial charge in [0.2, 0.25) is 5.91 Å². The molecule has 1 fully saturated rings. The van der Waals surface area contributed by atoms with Gasteiger partial charge in [-0.1, -0.05) is 41.7 Å². The van der Waals surface area contributed by atoms with Crippen molar-refractivity contribution in [2.24, 2.45) is 0 Å². The van der Waals surface area contributed by atoms with Crippen molar-refractivity contribution in [2.75, 3.05) is 36.4 Å². The first-order chi connectivity index (χ1) is 13.9. The smallest absolute Gasteiger partial charge is 0.255 e. The van der Waals surface area contributed by atoms with E-state index in [0.717, 1.165) is 12.1 Å². The number of carbonyl (C=O) groups is 2.